The maximum Gasteiger partial charge on any atom is 0.251 e. The van der Waals surface area contributed by atoms with Crippen LogP contribution in [0.2, 0.25) is 0 Å². The van der Waals surface area contributed by atoms with Crippen molar-refractivity contribution in [3.63, 3.8) is 0 Å². The Kier molecular flexibility index (Phi) is 5.90. The molecule has 0 bridgehead atoms. The van der Waals surface area contributed by atoms with Crippen molar-refractivity contribution < 1.29 is 13.2 Å². The van der Waals surface area contributed by atoms with E-state index in [1.165, 1.54) is 6.07 Å². The summed E-state index contributed by atoms with van der Waals surface area (Å²) in [6.45, 7) is 1.89. The quantitative estimate of drug-likeness (QED) is 0.472. The van der Waals surface area contributed by atoms with Gasteiger partial charge in [-0.2, -0.15) is 5.10 Å². The Labute approximate surface area is 192 Å². The minimum Gasteiger partial charge on any atom is -0.378 e. The highest BCUT2D eigenvalue weighted by Gasteiger charge is 2.15. The van der Waals surface area contributed by atoms with Crippen LogP contribution in [0.25, 0.3) is 16.9 Å². The van der Waals surface area contributed by atoms with E-state index in [1.807, 2.05) is 49.3 Å². The third kappa shape index (κ3) is 4.88. The van der Waals surface area contributed by atoms with E-state index in [2.05, 4.69) is 21.5 Å². The number of carbonyl (C=O) groups is 1. The molecule has 33 heavy (non-hydrogen) atoms. The van der Waals surface area contributed by atoms with E-state index in [9.17, 15) is 13.2 Å². The molecule has 2 heterocycles. The van der Waals surface area contributed by atoms with Crippen molar-refractivity contribution in [3.05, 3.63) is 77.6 Å². The number of hydrogen-bond acceptors (Lipinski definition) is 6. The summed E-state index contributed by atoms with van der Waals surface area (Å²) >= 11 is 0. The number of nitrogens with zero attached hydrogens (tertiary/aromatic N) is 4. The number of imidazole rings is 1. The van der Waals surface area contributed by atoms with Crippen LogP contribution < -0.4 is 10.2 Å². The predicted octanol–water partition coefficient (Wildman–Crippen LogP) is 3.10. The lowest BCUT2D eigenvalue weighted by atomic mass is 10.1. The number of hydrogen-bond donors (Lipinski definition) is 1. The molecule has 0 saturated heterocycles. The van der Waals surface area contributed by atoms with E-state index in [4.69, 9.17) is 0 Å². The molecule has 170 valence electrons. The van der Waals surface area contributed by atoms with Crippen molar-refractivity contribution in [2.45, 2.75) is 18.4 Å². The number of fused-ring (bicyclic) bond motifs is 1. The third-order valence-corrected chi connectivity index (χ3v) is 6.55. The molecule has 1 N–H and O–H groups in total. The third-order valence-electron chi connectivity index (χ3n) is 5.31. The van der Waals surface area contributed by atoms with Crippen molar-refractivity contribution in [1.29, 1.82) is 0 Å². The highest BCUT2D eigenvalue weighted by Crippen LogP contribution is 2.22. The van der Waals surface area contributed by atoms with Crippen LogP contribution in [0.3, 0.4) is 0 Å². The number of aromatic nitrogens is 3. The molecule has 2 aromatic carbocycles. The van der Waals surface area contributed by atoms with Crippen LogP contribution in [-0.2, 0) is 16.4 Å². The van der Waals surface area contributed by atoms with Crippen LogP contribution in [0.4, 0.5) is 5.69 Å². The lowest BCUT2D eigenvalue weighted by molar-refractivity contribution is 0.0950. The van der Waals surface area contributed by atoms with E-state index < -0.39 is 9.84 Å². The molecule has 1 amide bonds. The molecule has 0 spiro atoms. The lowest BCUT2D eigenvalue weighted by Gasteiger charge is -2.13. The van der Waals surface area contributed by atoms with E-state index >= 15 is 0 Å². The average Bonchev–Trinajstić information content (AvgIpc) is 3.19. The van der Waals surface area contributed by atoms with Gasteiger partial charge in [0.15, 0.2) is 15.5 Å². The van der Waals surface area contributed by atoms with Gasteiger partial charge in [-0.25, -0.2) is 17.9 Å². The molecule has 9 heteroatoms. The first-order valence-electron chi connectivity index (χ1n) is 10.3. The molecule has 4 aromatic rings. The maximum absolute atomic E-state index is 12.6. The summed E-state index contributed by atoms with van der Waals surface area (Å²) in [6, 6.07) is 16.5. The molecular formula is C24H25N5O3S. The summed E-state index contributed by atoms with van der Waals surface area (Å²) in [5.41, 5.74) is 5.09. The first-order chi connectivity index (χ1) is 15.6. The highest BCUT2D eigenvalue weighted by molar-refractivity contribution is 7.90. The topological polar surface area (TPSA) is 96.7 Å². The van der Waals surface area contributed by atoms with Crippen LogP contribution in [0.15, 0.2) is 65.7 Å². The molecule has 0 aliphatic heterocycles. The Bertz CT molecular complexity index is 1460. The van der Waals surface area contributed by atoms with Crippen LogP contribution >= 0.6 is 0 Å². The summed E-state index contributed by atoms with van der Waals surface area (Å²) < 4.78 is 25.6. The van der Waals surface area contributed by atoms with Gasteiger partial charge < -0.3 is 10.2 Å². The Morgan fingerprint density at radius 3 is 2.61 bits per heavy atom. The molecule has 0 unspecified atom stereocenters. The second-order valence-corrected chi connectivity index (χ2v) is 10.1. The number of amides is 1. The largest absolute Gasteiger partial charge is 0.378 e. The zero-order valence-electron chi connectivity index (χ0n) is 18.9. The fourth-order valence-corrected chi connectivity index (χ4v) is 4.52. The van der Waals surface area contributed by atoms with Crippen molar-refractivity contribution in [2.24, 2.45) is 0 Å². The number of nitrogens with one attached hydrogen (secondary N) is 1. The first-order valence-corrected chi connectivity index (χ1v) is 12.2. The van der Waals surface area contributed by atoms with Crippen LogP contribution in [0.5, 0.6) is 0 Å². The smallest absolute Gasteiger partial charge is 0.251 e. The van der Waals surface area contributed by atoms with E-state index in [0.717, 1.165) is 23.2 Å². The summed E-state index contributed by atoms with van der Waals surface area (Å²) in [4.78, 5) is 19.3. The summed E-state index contributed by atoms with van der Waals surface area (Å²) in [5, 5.41) is 7.45. The van der Waals surface area contributed by atoms with E-state index in [0.29, 0.717) is 16.9 Å². The van der Waals surface area contributed by atoms with Gasteiger partial charge in [-0.1, -0.05) is 18.2 Å². The Hall–Kier alpha value is -3.72. The van der Waals surface area contributed by atoms with Gasteiger partial charge in [0.05, 0.1) is 29.0 Å². The zero-order valence-corrected chi connectivity index (χ0v) is 19.7. The number of sulfone groups is 1. The molecule has 0 atom stereocenters. The molecule has 0 fully saturated rings. The van der Waals surface area contributed by atoms with Crippen LogP contribution in [0, 0.1) is 6.92 Å². The minimum absolute atomic E-state index is 0.151. The molecular weight excluding hydrogens is 438 g/mol. The van der Waals surface area contributed by atoms with Gasteiger partial charge >= 0.3 is 0 Å². The van der Waals surface area contributed by atoms with E-state index in [-0.39, 0.29) is 22.9 Å². The Morgan fingerprint density at radius 2 is 1.88 bits per heavy atom. The second-order valence-electron chi connectivity index (χ2n) is 8.13. The molecule has 0 radical (unpaired) electrons. The van der Waals surface area contributed by atoms with Gasteiger partial charge in [0.1, 0.15) is 0 Å². The van der Waals surface area contributed by atoms with Gasteiger partial charge in [-0.05, 0) is 48.9 Å². The molecule has 0 aliphatic carbocycles. The summed E-state index contributed by atoms with van der Waals surface area (Å²) in [6.07, 6.45) is 2.90. The van der Waals surface area contributed by atoms with Crippen molar-refractivity contribution >= 4 is 27.1 Å². The van der Waals surface area contributed by atoms with Gasteiger partial charge in [-0.3, -0.25) is 4.79 Å². The molecule has 8 nitrogen and oxygen atoms in total. The molecule has 0 aliphatic rings. The van der Waals surface area contributed by atoms with E-state index in [1.54, 1.807) is 29.8 Å². The van der Waals surface area contributed by atoms with Gasteiger partial charge in [0, 0.05) is 37.2 Å². The lowest BCUT2D eigenvalue weighted by Crippen LogP contribution is -2.23. The number of anilines is 1. The van der Waals surface area contributed by atoms with Crippen molar-refractivity contribution in [2.75, 3.05) is 25.3 Å². The van der Waals surface area contributed by atoms with Gasteiger partial charge in [0.2, 0.25) is 0 Å². The van der Waals surface area contributed by atoms with Crippen molar-refractivity contribution in [1.82, 2.24) is 19.9 Å². The van der Waals surface area contributed by atoms with Gasteiger partial charge in [0.25, 0.3) is 5.91 Å². The fourth-order valence-electron chi connectivity index (χ4n) is 3.53. The highest BCUT2D eigenvalue weighted by atomic mass is 32.2. The second kappa shape index (κ2) is 8.67. The summed E-state index contributed by atoms with van der Waals surface area (Å²) in [5.74, 6) is -0.369. The molecule has 4 rings (SSSR count). The SMILES string of the molecule is Cc1ccc(C(=O)NCc2cn3nc(-c4cccc(N(C)C)c4)ccc3n2)cc1S(C)(=O)=O. The molecule has 0 saturated carbocycles. The molecule has 2 aromatic heterocycles. The summed E-state index contributed by atoms with van der Waals surface area (Å²) in [7, 11) is 0.566. The number of carbonyl (C=O) groups excluding carboxylic acids is 1. The normalized spacial score (nSPS) is 11.5. The standard InChI is InChI=1S/C24H25N5O3S/c1-16-8-9-18(13-22(16)33(4,31)32)24(30)25-14-19-15-29-23(26-19)11-10-21(27-29)17-6-5-7-20(12-17)28(2)3/h5-13,15H,14H2,1-4H3,(H,25,30). The first kappa shape index (κ1) is 22.5. The van der Waals surface area contributed by atoms with Crippen LogP contribution in [0.1, 0.15) is 21.6 Å². The van der Waals surface area contributed by atoms with Gasteiger partial charge in [-0.15, -0.1) is 0 Å². The Morgan fingerprint density at radius 1 is 1.09 bits per heavy atom. The number of benzene rings is 2. The zero-order chi connectivity index (χ0) is 23.8. The number of aryl methyl sites for hydroxylation is 1. The predicted molar refractivity (Wildman–Crippen MR) is 128 cm³/mol. The monoisotopic (exact) mass is 463 g/mol. The van der Waals surface area contributed by atoms with Crippen LogP contribution in [-0.4, -0.2) is 49.3 Å². The average molecular weight is 464 g/mol. The minimum atomic E-state index is -3.42. The fraction of sp³-hybridized carbons (Fsp3) is 0.208. The Balaban J connectivity index is 1.52. The maximum atomic E-state index is 12.6. The number of rotatable bonds is 6. The van der Waals surface area contributed by atoms with Crippen molar-refractivity contribution in [3.8, 4) is 11.3 Å².